The van der Waals surface area contributed by atoms with Crippen molar-refractivity contribution in [3.8, 4) is 22.5 Å². The summed E-state index contributed by atoms with van der Waals surface area (Å²) < 4.78 is 0. The first-order valence-corrected chi connectivity index (χ1v) is 13.4. The number of nitrogens with zero attached hydrogens (tertiary/aromatic N) is 2. The van der Waals surface area contributed by atoms with Gasteiger partial charge in [0.1, 0.15) is 5.76 Å². The Morgan fingerprint density at radius 2 is 0.977 bits per heavy atom. The van der Waals surface area contributed by atoms with Crippen LogP contribution in [0, 0.1) is 12.1 Å². The third-order valence-corrected chi connectivity index (χ3v) is 6.34. The first-order chi connectivity index (χ1) is 20.4. The molecule has 0 spiro atoms. The van der Waals surface area contributed by atoms with E-state index in [4.69, 9.17) is 5.11 Å². The summed E-state index contributed by atoms with van der Waals surface area (Å²) in [6, 6.07) is 42.9. The van der Waals surface area contributed by atoms with Gasteiger partial charge >= 0.3 is 0 Å². The van der Waals surface area contributed by atoms with Crippen LogP contribution < -0.4 is 0 Å². The zero-order valence-corrected chi connectivity index (χ0v) is 26.4. The van der Waals surface area contributed by atoms with E-state index in [0.717, 1.165) is 22.5 Å². The number of carbonyl (C=O) groups is 2. The van der Waals surface area contributed by atoms with Gasteiger partial charge in [0.2, 0.25) is 0 Å². The van der Waals surface area contributed by atoms with Crippen molar-refractivity contribution >= 4 is 33.1 Å². The topological polar surface area (TPSA) is 80.2 Å². The van der Waals surface area contributed by atoms with Gasteiger partial charge in [-0.05, 0) is 65.8 Å². The molecule has 0 amide bonds. The Labute approximate surface area is 265 Å². The van der Waals surface area contributed by atoms with Crippen LogP contribution >= 0.6 is 0 Å². The molecule has 2 heterocycles. The summed E-state index contributed by atoms with van der Waals surface area (Å²) in [5.41, 5.74) is 3.97. The first kappa shape index (κ1) is 32.7. The van der Waals surface area contributed by atoms with Gasteiger partial charge in [0.15, 0.2) is 11.6 Å². The predicted molar refractivity (Wildman–Crippen MR) is 169 cm³/mol. The van der Waals surface area contributed by atoms with Crippen molar-refractivity contribution in [2.45, 2.75) is 20.8 Å². The molecule has 217 valence electrons. The minimum Gasteiger partial charge on any atom is -0.512 e. The molecule has 0 saturated carbocycles. The van der Waals surface area contributed by atoms with Gasteiger partial charge in [-0.1, -0.05) is 48.5 Å². The molecule has 5 nitrogen and oxygen atoms in total. The van der Waals surface area contributed by atoms with Crippen LogP contribution in [0.25, 0.3) is 44.1 Å². The van der Waals surface area contributed by atoms with Gasteiger partial charge < -0.3 is 15.1 Å². The smallest absolute Gasteiger partial charge is 0.166 e. The maximum Gasteiger partial charge on any atom is 0.166 e. The number of benzene rings is 4. The summed E-state index contributed by atoms with van der Waals surface area (Å²) in [5, 5.41) is 13.6. The zero-order chi connectivity index (χ0) is 29.9. The minimum atomic E-state index is -0.396. The molecular weight excluding hydrogens is 713 g/mol. The van der Waals surface area contributed by atoms with Crippen LogP contribution in [0.1, 0.15) is 20.8 Å². The molecule has 0 aliphatic carbocycles. The van der Waals surface area contributed by atoms with Crippen LogP contribution in [0.4, 0.5) is 0 Å². The predicted octanol–water partition coefficient (Wildman–Crippen LogP) is 8.40. The van der Waals surface area contributed by atoms with Gasteiger partial charge in [-0.15, -0.1) is 71.8 Å². The van der Waals surface area contributed by atoms with Gasteiger partial charge in [-0.3, -0.25) is 9.59 Å². The maximum absolute atomic E-state index is 10.6. The second-order valence-corrected chi connectivity index (χ2v) is 9.39. The SMILES string of the molecule is CC(=O)C(C(C)=O)=C(C)O.[Ir].[c-]1ccccc1-c1nccc2ccccc12.[c-]1ccccc1-c1nccc2ccccc12. The summed E-state index contributed by atoms with van der Waals surface area (Å²) >= 11 is 0. The van der Waals surface area contributed by atoms with Crippen LogP contribution in [0.5, 0.6) is 0 Å². The van der Waals surface area contributed by atoms with Gasteiger partial charge in [0, 0.05) is 32.5 Å². The number of Topliss-reactive ketones (excluding diaryl/α,β-unsaturated/α-hetero) is 2. The Hall–Kier alpha value is -4.77. The van der Waals surface area contributed by atoms with Crippen LogP contribution in [-0.2, 0) is 29.7 Å². The van der Waals surface area contributed by atoms with Crippen molar-refractivity contribution in [1.82, 2.24) is 9.97 Å². The fraction of sp³-hybridized carbons (Fsp3) is 0.0811. The normalized spacial score (nSPS) is 9.84. The number of aliphatic hydroxyl groups is 1. The largest absolute Gasteiger partial charge is 0.512 e. The Balaban J connectivity index is 0.000000181. The number of aromatic nitrogens is 2. The third-order valence-electron chi connectivity index (χ3n) is 6.34. The van der Waals surface area contributed by atoms with Crippen molar-refractivity contribution in [1.29, 1.82) is 0 Å². The van der Waals surface area contributed by atoms with E-state index in [1.807, 2.05) is 97.3 Å². The number of fused-ring (bicyclic) bond motifs is 2. The molecule has 0 aliphatic heterocycles. The Bertz CT molecular complexity index is 1710. The molecule has 0 saturated heterocycles. The number of allylic oxidation sites excluding steroid dienone is 2. The van der Waals surface area contributed by atoms with E-state index in [2.05, 4.69) is 46.4 Å². The van der Waals surface area contributed by atoms with Crippen molar-refractivity contribution < 1.29 is 34.8 Å². The molecular formula is C37H30IrN2O3-2. The van der Waals surface area contributed by atoms with Crippen LogP contribution in [0.15, 0.2) is 133 Å². The van der Waals surface area contributed by atoms with Gasteiger partial charge in [-0.25, -0.2) is 0 Å². The summed E-state index contributed by atoms with van der Waals surface area (Å²) in [6.45, 7) is 3.81. The number of carbonyl (C=O) groups excluding carboxylic acids is 2. The van der Waals surface area contributed by atoms with Gasteiger partial charge in [0.05, 0.1) is 5.57 Å². The number of ketones is 2. The molecule has 0 atom stereocenters. The standard InChI is InChI=1S/2C15H10N.C7H10O3.Ir/c2*1-2-7-13(8-3-1)15-14-9-5-4-6-12(14)10-11-16-15;1-4(8)7(5(2)9)6(3)10;/h2*1-7,9-11H;8H,1-3H3;/q2*-1;;. The summed E-state index contributed by atoms with van der Waals surface area (Å²) in [4.78, 5) is 30.1. The Kier molecular flexibility index (Phi) is 12.2. The van der Waals surface area contributed by atoms with Crippen LogP contribution in [-0.4, -0.2) is 26.6 Å². The second kappa shape index (κ2) is 16.0. The van der Waals surface area contributed by atoms with Crippen molar-refractivity contribution in [3.63, 3.8) is 0 Å². The summed E-state index contributed by atoms with van der Waals surface area (Å²) in [6.07, 6.45) is 3.69. The number of pyridine rings is 2. The summed E-state index contributed by atoms with van der Waals surface area (Å²) in [7, 11) is 0. The molecule has 0 aliphatic rings. The molecule has 6 rings (SSSR count). The van der Waals surface area contributed by atoms with Crippen LogP contribution in [0.2, 0.25) is 0 Å². The van der Waals surface area contributed by atoms with Crippen molar-refractivity contribution in [2.75, 3.05) is 0 Å². The monoisotopic (exact) mass is 743 g/mol. The molecule has 1 radical (unpaired) electrons. The minimum absolute atomic E-state index is 0. The van der Waals surface area contributed by atoms with E-state index in [9.17, 15) is 9.59 Å². The quantitative estimate of drug-likeness (QED) is 0.0646. The number of hydrogen-bond acceptors (Lipinski definition) is 5. The molecule has 6 aromatic rings. The third kappa shape index (κ3) is 8.62. The van der Waals surface area contributed by atoms with Gasteiger partial charge in [-0.2, -0.15) is 0 Å². The molecule has 6 heteroatoms. The van der Waals surface area contributed by atoms with Crippen LogP contribution in [0.3, 0.4) is 0 Å². The molecule has 43 heavy (non-hydrogen) atoms. The number of rotatable bonds is 4. The second-order valence-electron chi connectivity index (χ2n) is 9.39. The molecule has 4 aromatic carbocycles. The van der Waals surface area contributed by atoms with E-state index in [0.29, 0.717) is 0 Å². The number of aliphatic hydroxyl groups excluding tert-OH is 1. The fourth-order valence-electron chi connectivity index (χ4n) is 4.51. The average Bonchev–Trinajstić information content (AvgIpc) is 3.01. The van der Waals surface area contributed by atoms with E-state index >= 15 is 0 Å². The van der Waals surface area contributed by atoms with E-state index in [1.54, 1.807) is 0 Å². The Morgan fingerprint density at radius 3 is 1.30 bits per heavy atom. The molecule has 1 N–H and O–H groups in total. The first-order valence-electron chi connectivity index (χ1n) is 13.4. The molecule has 0 unspecified atom stereocenters. The summed E-state index contributed by atoms with van der Waals surface area (Å²) in [5.74, 6) is -1.000. The fourth-order valence-corrected chi connectivity index (χ4v) is 4.51. The van der Waals surface area contributed by atoms with Crippen molar-refractivity contribution in [3.05, 3.63) is 145 Å². The Morgan fingerprint density at radius 1 is 0.581 bits per heavy atom. The van der Waals surface area contributed by atoms with E-state index < -0.39 is 11.6 Å². The molecule has 0 fully saturated rings. The van der Waals surface area contributed by atoms with Gasteiger partial charge in [0.25, 0.3) is 0 Å². The average molecular weight is 743 g/mol. The van der Waals surface area contributed by atoms with E-state index in [1.165, 1.54) is 42.3 Å². The molecule has 2 aromatic heterocycles. The maximum atomic E-state index is 10.6. The molecule has 0 bridgehead atoms. The van der Waals surface area contributed by atoms with E-state index in [-0.39, 0.29) is 31.4 Å². The van der Waals surface area contributed by atoms with Crippen molar-refractivity contribution in [2.24, 2.45) is 0 Å². The number of hydrogen-bond donors (Lipinski definition) is 1. The zero-order valence-electron chi connectivity index (χ0n) is 24.0.